The largest absolute Gasteiger partial charge is 0.509 e. The predicted octanol–water partition coefficient (Wildman–Crippen LogP) is 22.9. The number of hydrogen-bond donors (Lipinski definition) is 0. The van der Waals surface area contributed by atoms with Gasteiger partial charge in [0.25, 0.3) is 0 Å². The predicted molar refractivity (Wildman–Crippen MR) is 381 cm³/mol. The van der Waals surface area contributed by atoms with Gasteiger partial charge in [-0.25, -0.2) is 4.98 Å². The Hall–Kier alpha value is -9.74. The monoisotopic (exact) mass is 1380 g/mol. The van der Waals surface area contributed by atoms with E-state index >= 15 is 0 Å². The molecule has 0 bridgehead atoms. The first-order valence-corrected chi connectivity index (χ1v) is 31.4. The van der Waals surface area contributed by atoms with E-state index in [1.807, 2.05) is 41.0 Å². The van der Waals surface area contributed by atoms with E-state index in [4.69, 9.17) is 13.8 Å². The van der Waals surface area contributed by atoms with Gasteiger partial charge in [0.15, 0.2) is 0 Å². The normalized spacial score (nSPS) is 13.3. The molecule has 3 aromatic heterocycles. The van der Waals surface area contributed by atoms with Crippen molar-refractivity contribution in [1.29, 1.82) is 0 Å². The van der Waals surface area contributed by atoms with Crippen LogP contribution in [-0.2, 0) is 37.3 Å². The van der Waals surface area contributed by atoms with Crippen LogP contribution >= 0.6 is 0 Å². The third-order valence-electron chi connectivity index (χ3n) is 18.0. The van der Waals surface area contributed by atoms with Gasteiger partial charge in [0, 0.05) is 87.4 Å². The minimum absolute atomic E-state index is 0. The second-order valence-electron chi connectivity index (χ2n) is 27.2. The number of fused-ring (bicyclic) bond motifs is 7. The van der Waals surface area contributed by atoms with Gasteiger partial charge in [0.05, 0.1) is 11.0 Å². The zero-order valence-corrected chi connectivity index (χ0v) is 55.5. The Morgan fingerprint density at radius 3 is 1.61 bits per heavy atom. The molecule has 0 unspecified atom stereocenters. The van der Waals surface area contributed by atoms with Crippen LogP contribution in [0.25, 0.3) is 99.6 Å². The Kier molecular flexibility index (Phi) is 14.2. The van der Waals surface area contributed by atoms with Crippen molar-refractivity contribution >= 4 is 66.4 Å². The maximum Gasteiger partial charge on any atom is 0.135 e. The van der Waals surface area contributed by atoms with E-state index in [-0.39, 0.29) is 42.9 Å². The van der Waals surface area contributed by atoms with E-state index < -0.39 is 6.85 Å². The van der Waals surface area contributed by atoms with Crippen molar-refractivity contribution in [1.82, 2.24) is 14.1 Å². The molecular formula is C85H72N5OPt-3. The molecule has 14 aromatic rings. The summed E-state index contributed by atoms with van der Waals surface area (Å²) in [5.41, 5.74) is 20.5. The number of hydrogen-bond acceptors (Lipinski definition) is 4. The molecule has 456 valence electrons. The maximum atomic E-state index is 8.42. The summed E-state index contributed by atoms with van der Waals surface area (Å²) in [5, 5.41) is 4.17. The van der Waals surface area contributed by atoms with E-state index in [0.29, 0.717) is 22.8 Å². The van der Waals surface area contributed by atoms with Gasteiger partial charge in [0.2, 0.25) is 0 Å². The number of para-hydroxylation sites is 5. The van der Waals surface area contributed by atoms with Gasteiger partial charge in [-0.2, -0.15) is 0 Å². The minimum Gasteiger partial charge on any atom is -0.509 e. The molecule has 0 N–H and O–H groups in total. The average molecular weight is 1380 g/mol. The number of pyridine rings is 1. The van der Waals surface area contributed by atoms with E-state index in [0.717, 1.165) is 99.9 Å². The second kappa shape index (κ2) is 23.2. The molecule has 6 nitrogen and oxygen atoms in total. The van der Waals surface area contributed by atoms with Gasteiger partial charge < -0.3 is 23.7 Å². The van der Waals surface area contributed by atoms with Crippen LogP contribution in [0.1, 0.15) is 88.7 Å². The summed E-state index contributed by atoms with van der Waals surface area (Å²) in [7, 11) is 0. The number of aromatic nitrogens is 3. The smallest absolute Gasteiger partial charge is 0.135 e. The van der Waals surface area contributed by atoms with Crippen molar-refractivity contribution in [2.24, 2.45) is 0 Å². The first-order chi connectivity index (χ1) is 45.1. The first kappa shape index (κ1) is 56.3. The van der Waals surface area contributed by atoms with Gasteiger partial charge in [0.1, 0.15) is 5.82 Å². The second-order valence-corrected chi connectivity index (χ2v) is 27.2. The summed E-state index contributed by atoms with van der Waals surface area (Å²) < 4.78 is 37.0. The minimum atomic E-state index is -2.35. The van der Waals surface area contributed by atoms with Gasteiger partial charge in [-0.05, 0) is 133 Å². The Morgan fingerprint density at radius 2 is 0.967 bits per heavy atom. The molecule has 0 atom stereocenters. The molecule has 0 aliphatic carbocycles. The molecule has 0 saturated heterocycles. The van der Waals surface area contributed by atoms with Gasteiger partial charge in [-0.3, -0.25) is 0 Å². The van der Waals surface area contributed by atoms with Gasteiger partial charge >= 0.3 is 0 Å². The van der Waals surface area contributed by atoms with Crippen molar-refractivity contribution in [3.63, 3.8) is 0 Å². The van der Waals surface area contributed by atoms with Crippen LogP contribution in [-0.4, -0.2) is 14.1 Å². The number of anilines is 4. The summed E-state index contributed by atoms with van der Waals surface area (Å²) in [5.74, 6) is 1.36. The van der Waals surface area contributed by atoms with Crippen LogP contribution in [0.2, 0.25) is 0 Å². The number of ether oxygens (including phenoxy) is 1. The Bertz CT molecular complexity index is 5210. The summed E-state index contributed by atoms with van der Waals surface area (Å²) >= 11 is 0. The average Bonchev–Trinajstić information content (AvgIpc) is 1.52. The van der Waals surface area contributed by atoms with Gasteiger partial charge in [-0.15, -0.1) is 42.6 Å². The number of nitrogens with zero attached hydrogens (tertiary/aromatic N) is 5. The molecule has 0 radical (unpaired) electrons. The summed E-state index contributed by atoms with van der Waals surface area (Å²) in [4.78, 5) is 9.52. The van der Waals surface area contributed by atoms with Crippen LogP contribution in [0, 0.1) is 25.7 Å². The molecule has 0 saturated carbocycles. The number of rotatable bonds is 10. The fourth-order valence-electron chi connectivity index (χ4n) is 13.4. The Balaban J connectivity index is 0.00000778. The molecule has 0 amide bonds. The van der Waals surface area contributed by atoms with Crippen molar-refractivity contribution in [2.75, 3.05) is 9.80 Å². The van der Waals surface area contributed by atoms with Crippen LogP contribution in [0.3, 0.4) is 0 Å². The van der Waals surface area contributed by atoms with Crippen LogP contribution in [0.4, 0.5) is 22.7 Å². The topological polar surface area (TPSA) is 38.5 Å². The Labute approximate surface area is 559 Å². The van der Waals surface area contributed by atoms with Crippen molar-refractivity contribution in [3.05, 3.63) is 290 Å². The molecule has 92 heavy (non-hydrogen) atoms. The number of benzene rings is 11. The fraction of sp³-hybridized carbons (Fsp3) is 0.153. The standard InChI is InChI=1S/C85H72N5O.Pt/c1-55-43-44-86-80(45-55)90-76-34-22-19-31-68(76)81-69(58-27-15-12-16-28-58)52-65(53-79(81)90)91-64-50-62(49-63(51-64)89-74-32-20-17-29-66(74)67-30-18-21-33-75(67)89)87-54-88(78-36-24-23-35-77(78)87)82-70(59-39-37-57(38-40-59)56-25-13-11-14-26-56)47-61(84(5,6)7)48-72(82)71-46-60(83(2,3)4)41-42-73(71)85(8,9)10;/h11-49,51-52,54H,1-10H3;/q-3;/i1D3;. The third-order valence-corrected chi connectivity index (χ3v) is 18.0. The van der Waals surface area contributed by atoms with Crippen molar-refractivity contribution in [3.8, 4) is 67.5 Å². The first-order valence-electron chi connectivity index (χ1n) is 32.9. The summed E-state index contributed by atoms with van der Waals surface area (Å²) in [6.45, 7) is 20.8. The van der Waals surface area contributed by atoms with Crippen LogP contribution in [0.15, 0.2) is 249 Å². The molecule has 7 heteroatoms. The quantitative estimate of drug-likeness (QED) is 0.128. The molecular weight excluding hydrogens is 1300 g/mol. The zero-order valence-electron chi connectivity index (χ0n) is 56.2. The van der Waals surface area contributed by atoms with E-state index in [1.165, 1.54) is 27.8 Å². The molecule has 1 aliphatic rings. The van der Waals surface area contributed by atoms with E-state index in [9.17, 15) is 0 Å². The van der Waals surface area contributed by atoms with Crippen molar-refractivity contribution in [2.45, 2.75) is 85.4 Å². The molecule has 11 aromatic carbocycles. The SMILES string of the molecule is [2H]C([2H])([2H])c1ccnc(-n2c3[c-]c(Oc4[c-]c(N5[CH-]N(c6c(-c7ccc(-c8ccccc8)cc7)cc(C(C)(C)C)cc6-c6cc(C(C)(C)C)ccc6C(C)(C)C)c6ccccc65)cc(-n5c6ccccc6c6ccccc65)c4)cc(-c4ccccc4)c3c3ccccc32)c1.[Pt]. The number of aryl methyl sites for hydroxylation is 1. The Morgan fingerprint density at radius 1 is 0.435 bits per heavy atom. The third kappa shape index (κ3) is 10.7. The summed E-state index contributed by atoms with van der Waals surface area (Å²) in [6, 6.07) is 93.3. The summed E-state index contributed by atoms with van der Waals surface area (Å²) in [6.07, 6.45) is 1.57. The zero-order chi connectivity index (χ0) is 65.0. The van der Waals surface area contributed by atoms with Crippen LogP contribution < -0.4 is 14.5 Å². The molecule has 4 heterocycles. The molecule has 0 fully saturated rings. The molecule has 0 spiro atoms. The van der Waals surface area contributed by atoms with E-state index in [2.05, 4.69) is 290 Å². The fourth-order valence-corrected chi connectivity index (χ4v) is 13.4. The molecule has 1 aliphatic heterocycles. The maximum absolute atomic E-state index is 8.42. The van der Waals surface area contributed by atoms with Crippen LogP contribution in [0.5, 0.6) is 11.5 Å². The van der Waals surface area contributed by atoms with Crippen molar-refractivity contribution < 1.29 is 29.9 Å². The van der Waals surface area contributed by atoms with E-state index in [1.54, 1.807) is 18.3 Å². The van der Waals surface area contributed by atoms with Gasteiger partial charge in [-0.1, -0.05) is 254 Å². The molecule has 15 rings (SSSR count).